The number of rotatable bonds is 11. The van der Waals surface area contributed by atoms with Gasteiger partial charge < -0.3 is 44.6 Å². The van der Waals surface area contributed by atoms with E-state index in [1.165, 1.54) is 7.11 Å². The summed E-state index contributed by atoms with van der Waals surface area (Å²) in [5.74, 6) is 1.16. The molecule has 5 heterocycles. The van der Waals surface area contributed by atoms with Crippen LogP contribution >= 0.6 is 0 Å². The van der Waals surface area contributed by atoms with Crippen LogP contribution in [-0.2, 0) is 41.6 Å². The summed E-state index contributed by atoms with van der Waals surface area (Å²) in [7, 11) is 2.97. The summed E-state index contributed by atoms with van der Waals surface area (Å²) in [4.78, 5) is 75.1. The van der Waals surface area contributed by atoms with Crippen LogP contribution in [0.4, 0.5) is 4.79 Å². The van der Waals surface area contributed by atoms with Crippen LogP contribution in [0.25, 0.3) is 33.9 Å². The number of allylic oxidation sites excluding steroid dienone is 2. The van der Waals surface area contributed by atoms with Crippen molar-refractivity contribution >= 4 is 46.5 Å². The molecule has 7 aliphatic rings. The number of hydrogen-bond donors (Lipinski definition) is 4. The SMILES string of the molecule is COC[C@H]1C[C@@H](c2nc3c4c(ccc3[nH]2)C=C2c3ccc(-c5cnc([C@@H]6CCCN6C(=O)[C@]6(NC(=O)C7CC7)C7=CCCC=CC76)[nH]5)cc3COC2C4)N(C(=O)[C@@H](NC(=O)OC)C(C)C)C1. The number of carbonyl (C=O) groups excluding carboxylic acids is 4. The summed E-state index contributed by atoms with van der Waals surface area (Å²) < 4.78 is 17.0. The summed E-state index contributed by atoms with van der Waals surface area (Å²) in [6.45, 7) is 5.89. The molecule has 4 aromatic rings. The van der Waals surface area contributed by atoms with Gasteiger partial charge in [0.25, 0.3) is 5.91 Å². The number of carbonyl (C=O) groups is 4. The Morgan fingerprint density at radius 2 is 1.88 bits per heavy atom. The largest absolute Gasteiger partial charge is 0.453 e. The summed E-state index contributed by atoms with van der Waals surface area (Å²) in [5.41, 5.74) is 9.26. The van der Waals surface area contributed by atoms with Gasteiger partial charge in [-0.15, -0.1) is 0 Å². The second kappa shape index (κ2) is 16.7. The van der Waals surface area contributed by atoms with Gasteiger partial charge in [-0.2, -0.15) is 0 Å². The number of benzene rings is 2. The molecular weight excluding hydrogens is 837 g/mol. The predicted molar refractivity (Wildman–Crippen MR) is 246 cm³/mol. The van der Waals surface area contributed by atoms with Crippen molar-refractivity contribution in [3.05, 3.63) is 94.2 Å². The van der Waals surface area contributed by atoms with Crippen LogP contribution in [0.15, 0.2) is 60.3 Å². The van der Waals surface area contributed by atoms with Gasteiger partial charge in [0.2, 0.25) is 11.8 Å². The van der Waals surface area contributed by atoms with E-state index in [0.717, 1.165) is 100 Å². The molecule has 0 spiro atoms. The first-order valence-corrected chi connectivity index (χ1v) is 23.7. The fourth-order valence-electron chi connectivity index (χ4n) is 11.4. The molecular formula is C51H58N8O7. The highest BCUT2D eigenvalue weighted by molar-refractivity contribution is 6.02. The third kappa shape index (κ3) is 7.25. The molecule has 15 nitrogen and oxygen atoms in total. The quantitative estimate of drug-likeness (QED) is 0.119. The van der Waals surface area contributed by atoms with Crippen molar-refractivity contribution < 1.29 is 33.4 Å². The Labute approximate surface area is 383 Å². The summed E-state index contributed by atoms with van der Waals surface area (Å²) in [5, 5.41) is 5.99. The van der Waals surface area contributed by atoms with Gasteiger partial charge in [-0.1, -0.05) is 50.3 Å². The first-order chi connectivity index (χ1) is 32.1. The van der Waals surface area contributed by atoms with E-state index in [0.29, 0.717) is 45.0 Å². The number of imidazole rings is 2. The van der Waals surface area contributed by atoms with E-state index in [2.05, 4.69) is 75.2 Å². The lowest BCUT2D eigenvalue weighted by Crippen LogP contribution is -2.52. The number of hydrogen-bond acceptors (Lipinski definition) is 9. The van der Waals surface area contributed by atoms with Crippen LogP contribution < -0.4 is 10.6 Å². The first-order valence-electron chi connectivity index (χ1n) is 23.7. The lowest BCUT2D eigenvalue weighted by atomic mass is 9.82. The van der Waals surface area contributed by atoms with Gasteiger partial charge in [0, 0.05) is 44.4 Å². The molecule has 7 atom stereocenters. The summed E-state index contributed by atoms with van der Waals surface area (Å²) in [6.07, 6.45) is 16.3. The zero-order valence-electron chi connectivity index (χ0n) is 38.0. The molecule has 344 valence electrons. The predicted octanol–water partition coefficient (Wildman–Crippen LogP) is 6.70. The Morgan fingerprint density at radius 3 is 2.68 bits per heavy atom. The van der Waals surface area contributed by atoms with E-state index < -0.39 is 17.7 Å². The molecule has 2 saturated heterocycles. The second-order valence-electron chi connectivity index (χ2n) is 19.6. The van der Waals surface area contributed by atoms with E-state index >= 15 is 0 Å². The van der Waals surface area contributed by atoms with Gasteiger partial charge in [0.15, 0.2) is 5.54 Å². The Bertz CT molecular complexity index is 2730. The van der Waals surface area contributed by atoms with Crippen LogP contribution in [0, 0.1) is 23.7 Å². The molecule has 4 fully saturated rings. The van der Waals surface area contributed by atoms with Gasteiger partial charge >= 0.3 is 6.09 Å². The maximum Gasteiger partial charge on any atom is 0.407 e. The number of aromatic amines is 2. The topological polar surface area (TPSA) is 184 Å². The second-order valence-corrected chi connectivity index (χ2v) is 19.6. The number of ether oxygens (including phenoxy) is 3. The zero-order chi connectivity index (χ0) is 45.4. The summed E-state index contributed by atoms with van der Waals surface area (Å²) in [6, 6.07) is 9.40. The van der Waals surface area contributed by atoms with E-state index in [4.69, 9.17) is 24.2 Å². The number of fused-ring (bicyclic) bond motifs is 7. The van der Waals surface area contributed by atoms with Crippen LogP contribution in [0.5, 0.6) is 0 Å². The van der Waals surface area contributed by atoms with Crippen molar-refractivity contribution in [2.75, 3.05) is 33.9 Å². The van der Waals surface area contributed by atoms with Crippen LogP contribution in [-0.4, -0.2) is 105 Å². The normalized spacial score (nSPS) is 26.7. The molecule has 4 N–H and O–H groups in total. The average Bonchev–Trinajstić information content (AvgIpc) is 3.90. The van der Waals surface area contributed by atoms with Gasteiger partial charge in [-0.05, 0) is 108 Å². The van der Waals surface area contributed by atoms with Crippen LogP contribution in [0.1, 0.15) is 105 Å². The van der Waals surface area contributed by atoms with Crippen molar-refractivity contribution in [2.45, 2.75) is 102 Å². The molecule has 0 radical (unpaired) electrons. The van der Waals surface area contributed by atoms with Crippen molar-refractivity contribution in [1.29, 1.82) is 0 Å². The molecule has 66 heavy (non-hydrogen) atoms. The zero-order valence-corrected chi connectivity index (χ0v) is 38.0. The van der Waals surface area contributed by atoms with Crippen LogP contribution in [0.2, 0.25) is 0 Å². The van der Waals surface area contributed by atoms with Crippen molar-refractivity contribution in [2.24, 2.45) is 23.7 Å². The standard InChI is InChI=1S/C51H58N8O7/c1-27(2)43(56-50(63)65-4)48(61)59-24-28(25-64-3)19-41(59)46-53-38-17-15-30-21-35-33-16-14-31(20-32(33)26-66-42(35)22-34(30)44(38)55-46)39-23-52-45(54-39)40-11-8-18-58(40)49(62)51(57-47(60)29-12-13-29)36-9-6-5-7-10-37(36)51/h6,9-10,14-17,20-21,23,27-29,36,40-43H,5,7-8,11-13,18-19,22,24-26H2,1-4H3,(H,52,54)(H,53,55)(H,56,63)(H,57,60)/t28-,36?,40-,41-,42?,43-,51+/m0/s1. The molecule has 4 aliphatic carbocycles. The fraction of sp³-hybridized carbons (Fsp3) is 0.490. The Kier molecular flexibility index (Phi) is 10.8. The number of H-pyrrole nitrogens is 2. The monoisotopic (exact) mass is 894 g/mol. The molecule has 2 aromatic carbocycles. The Balaban J connectivity index is 0.833. The maximum atomic E-state index is 14.6. The number of nitrogens with zero attached hydrogens (tertiary/aromatic N) is 4. The third-order valence-corrected chi connectivity index (χ3v) is 15.0. The molecule has 2 aromatic heterocycles. The smallest absolute Gasteiger partial charge is 0.407 e. The van der Waals surface area contributed by atoms with Gasteiger partial charge in [-0.25, -0.2) is 14.8 Å². The van der Waals surface area contributed by atoms with Crippen molar-refractivity contribution in [3.8, 4) is 11.3 Å². The minimum atomic E-state index is -0.982. The highest BCUT2D eigenvalue weighted by Gasteiger charge is 2.67. The number of amides is 4. The molecule has 0 bridgehead atoms. The van der Waals surface area contributed by atoms with E-state index in [1.54, 1.807) is 7.11 Å². The molecule has 15 heteroatoms. The van der Waals surface area contributed by atoms with Gasteiger partial charge in [-0.3, -0.25) is 14.4 Å². The van der Waals surface area contributed by atoms with Crippen molar-refractivity contribution in [1.82, 2.24) is 40.4 Å². The van der Waals surface area contributed by atoms with Crippen molar-refractivity contribution in [3.63, 3.8) is 0 Å². The highest BCUT2D eigenvalue weighted by atomic mass is 16.5. The number of likely N-dealkylation sites (tertiary alicyclic amines) is 2. The fourth-order valence-corrected chi connectivity index (χ4v) is 11.4. The molecule has 2 saturated carbocycles. The first kappa shape index (κ1) is 42.6. The average molecular weight is 895 g/mol. The minimum absolute atomic E-state index is 0.00534. The third-order valence-electron chi connectivity index (χ3n) is 15.0. The lowest BCUT2D eigenvalue weighted by molar-refractivity contribution is -0.138. The number of alkyl carbamates (subject to hydrolysis) is 1. The minimum Gasteiger partial charge on any atom is -0.453 e. The molecule has 3 aliphatic heterocycles. The van der Waals surface area contributed by atoms with E-state index in [1.807, 2.05) is 29.8 Å². The highest BCUT2D eigenvalue weighted by Crippen LogP contribution is 2.55. The van der Waals surface area contributed by atoms with Gasteiger partial charge in [0.1, 0.15) is 17.7 Å². The van der Waals surface area contributed by atoms with Crippen LogP contribution in [0.3, 0.4) is 0 Å². The maximum absolute atomic E-state index is 14.6. The van der Waals surface area contributed by atoms with Gasteiger partial charge in [0.05, 0.1) is 61.4 Å². The molecule has 4 amide bonds. The lowest BCUT2D eigenvalue weighted by Gasteiger charge is -2.32. The van der Waals surface area contributed by atoms with E-state index in [9.17, 15) is 19.2 Å². The molecule has 2 unspecified atom stereocenters. The Hall–Kier alpha value is -6.06. The number of methoxy groups -OCH3 is 2. The number of aromatic nitrogens is 4. The van der Waals surface area contributed by atoms with E-state index in [-0.39, 0.29) is 59.6 Å². The molecule has 11 rings (SSSR count). The number of nitrogens with one attached hydrogen (secondary N) is 4. The summed E-state index contributed by atoms with van der Waals surface area (Å²) >= 11 is 0. The Morgan fingerprint density at radius 1 is 1.02 bits per heavy atom.